The molecule has 6 heteroatoms. The van der Waals surface area contributed by atoms with Crippen LogP contribution in [-0.4, -0.2) is 28.8 Å². The molecule has 0 bridgehead atoms. The molecule has 0 aliphatic heterocycles. The standard InChI is InChI=1S/C18H26Cl2N2O2/c1-5-7-17(23)22(16(6-2)18(24)21-12(3)4)11-13-8-9-14(19)15(20)10-13/h8-10,12,16H,5-7,11H2,1-4H3,(H,21,24). The molecule has 0 heterocycles. The number of nitrogens with one attached hydrogen (secondary N) is 1. The normalized spacial score (nSPS) is 12.1. The quantitative estimate of drug-likeness (QED) is 0.733. The lowest BCUT2D eigenvalue weighted by atomic mass is 10.1. The van der Waals surface area contributed by atoms with Crippen molar-refractivity contribution < 1.29 is 9.59 Å². The fraction of sp³-hybridized carbons (Fsp3) is 0.556. The van der Waals surface area contributed by atoms with Gasteiger partial charge in [0.05, 0.1) is 10.0 Å². The molecule has 0 spiro atoms. The van der Waals surface area contributed by atoms with E-state index in [2.05, 4.69) is 5.32 Å². The van der Waals surface area contributed by atoms with E-state index in [1.165, 1.54) is 0 Å². The van der Waals surface area contributed by atoms with Gasteiger partial charge in [0.15, 0.2) is 0 Å². The topological polar surface area (TPSA) is 49.4 Å². The summed E-state index contributed by atoms with van der Waals surface area (Å²) in [6.07, 6.45) is 1.70. The maximum atomic E-state index is 12.6. The number of hydrogen-bond acceptors (Lipinski definition) is 2. The minimum Gasteiger partial charge on any atom is -0.352 e. The average Bonchev–Trinajstić information content (AvgIpc) is 2.50. The van der Waals surface area contributed by atoms with Crippen LogP contribution >= 0.6 is 23.2 Å². The lowest BCUT2D eigenvalue weighted by Gasteiger charge is -2.31. The monoisotopic (exact) mass is 372 g/mol. The number of hydrogen-bond donors (Lipinski definition) is 1. The van der Waals surface area contributed by atoms with Gasteiger partial charge < -0.3 is 10.2 Å². The molecule has 1 atom stereocenters. The van der Waals surface area contributed by atoms with Gasteiger partial charge in [-0.1, -0.05) is 43.1 Å². The number of carbonyl (C=O) groups is 2. The number of carbonyl (C=O) groups excluding carboxylic acids is 2. The summed E-state index contributed by atoms with van der Waals surface area (Å²) in [5.41, 5.74) is 0.852. The van der Waals surface area contributed by atoms with Gasteiger partial charge in [-0.05, 0) is 44.4 Å². The molecule has 0 aromatic heterocycles. The summed E-state index contributed by atoms with van der Waals surface area (Å²) in [6, 6.07) is 4.80. The second kappa shape index (κ2) is 9.90. The van der Waals surface area contributed by atoms with Crippen LogP contribution in [0.25, 0.3) is 0 Å². The first-order chi connectivity index (χ1) is 11.3. The summed E-state index contributed by atoms with van der Waals surface area (Å²) in [7, 11) is 0. The fourth-order valence-corrected chi connectivity index (χ4v) is 2.81. The maximum Gasteiger partial charge on any atom is 0.243 e. The van der Waals surface area contributed by atoms with Crippen molar-refractivity contribution in [1.29, 1.82) is 0 Å². The third-order valence-electron chi connectivity index (χ3n) is 3.62. The van der Waals surface area contributed by atoms with Crippen molar-refractivity contribution in [2.45, 2.75) is 65.6 Å². The predicted molar refractivity (Wildman–Crippen MR) is 99.3 cm³/mol. The smallest absolute Gasteiger partial charge is 0.243 e. The molecular weight excluding hydrogens is 347 g/mol. The molecular formula is C18H26Cl2N2O2. The van der Waals surface area contributed by atoms with E-state index < -0.39 is 6.04 Å². The molecule has 1 aromatic carbocycles. The van der Waals surface area contributed by atoms with Crippen molar-refractivity contribution in [2.75, 3.05) is 0 Å². The Morgan fingerprint density at radius 2 is 1.83 bits per heavy atom. The van der Waals surface area contributed by atoms with Crippen LogP contribution in [0.5, 0.6) is 0 Å². The van der Waals surface area contributed by atoms with Gasteiger partial charge in [0.1, 0.15) is 6.04 Å². The Kier molecular flexibility index (Phi) is 8.57. The average molecular weight is 373 g/mol. The molecule has 24 heavy (non-hydrogen) atoms. The Hall–Kier alpha value is -1.26. The highest BCUT2D eigenvalue weighted by atomic mass is 35.5. The first-order valence-electron chi connectivity index (χ1n) is 8.33. The number of halogens is 2. The van der Waals surface area contributed by atoms with E-state index in [0.717, 1.165) is 12.0 Å². The van der Waals surface area contributed by atoms with Crippen molar-refractivity contribution in [3.63, 3.8) is 0 Å². The van der Waals surface area contributed by atoms with Gasteiger partial charge in [0.2, 0.25) is 11.8 Å². The van der Waals surface area contributed by atoms with E-state index in [4.69, 9.17) is 23.2 Å². The number of rotatable bonds is 8. The first-order valence-corrected chi connectivity index (χ1v) is 9.09. The highest BCUT2D eigenvalue weighted by molar-refractivity contribution is 6.42. The Bertz CT molecular complexity index is 576. The predicted octanol–water partition coefficient (Wildman–Crippen LogP) is 4.43. The molecule has 2 amide bonds. The number of amides is 2. The van der Waals surface area contributed by atoms with Crippen molar-refractivity contribution in [1.82, 2.24) is 10.2 Å². The molecule has 0 radical (unpaired) electrons. The minimum absolute atomic E-state index is 0.0275. The van der Waals surface area contributed by atoms with Gasteiger partial charge in [-0.15, -0.1) is 0 Å². The van der Waals surface area contributed by atoms with Crippen LogP contribution in [-0.2, 0) is 16.1 Å². The van der Waals surface area contributed by atoms with E-state index in [9.17, 15) is 9.59 Å². The van der Waals surface area contributed by atoms with Gasteiger partial charge in [-0.25, -0.2) is 0 Å². The van der Waals surface area contributed by atoms with Gasteiger partial charge in [0.25, 0.3) is 0 Å². The van der Waals surface area contributed by atoms with Crippen molar-refractivity contribution >= 4 is 35.0 Å². The molecule has 0 saturated carbocycles. The van der Waals surface area contributed by atoms with Gasteiger partial charge in [-0.2, -0.15) is 0 Å². The molecule has 1 N–H and O–H groups in total. The van der Waals surface area contributed by atoms with Crippen LogP contribution in [0.2, 0.25) is 10.0 Å². The van der Waals surface area contributed by atoms with E-state index in [0.29, 0.717) is 29.4 Å². The zero-order valence-electron chi connectivity index (χ0n) is 14.7. The lowest BCUT2D eigenvalue weighted by molar-refractivity contribution is -0.141. The Balaban J connectivity index is 3.07. The third-order valence-corrected chi connectivity index (χ3v) is 4.36. The van der Waals surface area contributed by atoms with Gasteiger partial charge >= 0.3 is 0 Å². The molecule has 4 nitrogen and oxygen atoms in total. The van der Waals surface area contributed by atoms with Crippen molar-refractivity contribution in [3.8, 4) is 0 Å². The van der Waals surface area contributed by atoms with E-state index in [-0.39, 0.29) is 17.9 Å². The molecule has 1 unspecified atom stereocenters. The van der Waals surface area contributed by atoms with Crippen LogP contribution in [0.1, 0.15) is 52.5 Å². The lowest BCUT2D eigenvalue weighted by Crippen LogP contribution is -2.50. The summed E-state index contributed by atoms with van der Waals surface area (Å²) >= 11 is 12.0. The first kappa shape index (κ1) is 20.8. The molecule has 134 valence electrons. The van der Waals surface area contributed by atoms with Crippen LogP contribution in [0.3, 0.4) is 0 Å². The summed E-state index contributed by atoms with van der Waals surface area (Å²) in [5.74, 6) is -0.161. The van der Waals surface area contributed by atoms with E-state index in [1.54, 1.807) is 17.0 Å². The van der Waals surface area contributed by atoms with Crippen molar-refractivity contribution in [3.05, 3.63) is 33.8 Å². The second-order valence-corrected chi connectivity index (χ2v) is 6.92. The Morgan fingerprint density at radius 1 is 1.17 bits per heavy atom. The maximum absolute atomic E-state index is 12.6. The van der Waals surface area contributed by atoms with Crippen LogP contribution in [0.15, 0.2) is 18.2 Å². The van der Waals surface area contributed by atoms with Gasteiger partial charge in [0, 0.05) is 19.0 Å². The Morgan fingerprint density at radius 3 is 2.33 bits per heavy atom. The zero-order valence-corrected chi connectivity index (χ0v) is 16.2. The fourth-order valence-electron chi connectivity index (χ4n) is 2.49. The third kappa shape index (κ3) is 5.99. The summed E-state index contributed by atoms with van der Waals surface area (Å²) in [5, 5.41) is 3.81. The van der Waals surface area contributed by atoms with E-state index >= 15 is 0 Å². The van der Waals surface area contributed by atoms with Gasteiger partial charge in [-0.3, -0.25) is 9.59 Å². The Labute approximate surface area is 154 Å². The zero-order chi connectivity index (χ0) is 18.3. The van der Waals surface area contributed by atoms with Crippen LogP contribution < -0.4 is 5.32 Å². The summed E-state index contributed by atoms with van der Waals surface area (Å²) < 4.78 is 0. The largest absolute Gasteiger partial charge is 0.352 e. The molecule has 0 fully saturated rings. The highest BCUT2D eigenvalue weighted by Gasteiger charge is 2.28. The van der Waals surface area contributed by atoms with Crippen LogP contribution in [0, 0.1) is 0 Å². The molecule has 0 aliphatic carbocycles. The van der Waals surface area contributed by atoms with E-state index in [1.807, 2.05) is 33.8 Å². The summed E-state index contributed by atoms with van der Waals surface area (Å²) in [4.78, 5) is 26.7. The molecule has 1 aromatic rings. The highest BCUT2D eigenvalue weighted by Crippen LogP contribution is 2.24. The summed E-state index contributed by atoms with van der Waals surface area (Å²) in [6.45, 7) is 8.00. The number of nitrogens with zero attached hydrogens (tertiary/aromatic N) is 1. The minimum atomic E-state index is -0.499. The van der Waals surface area contributed by atoms with Crippen LogP contribution in [0.4, 0.5) is 0 Å². The second-order valence-electron chi connectivity index (χ2n) is 6.11. The number of benzene rings is 1. The SMILES string of the molecule is CCCC(=O)N(Cc1ccc(Cl)c(Cl)c1)C(CC)C(=O)NC(C)C. The van der Waals surface area contributed by atoms with Crippen molar-refractivity contribution in [2.24, 2.45) is 0 Å². The molecule has 0 aliphatic rings. The molecule has 0 saturated heterocycles. The molecule has 1 rings (SSSR count).